The molecule has 0 saturated heterocycles. The smallest absolute Gasteiger partial charge is 0.237 e. The number of rotatable bonds is 7. The monoisotopic (exact) mass is 347 g/mol. The number of amides is 2. The van der Waals surface area contributed by atoms with E-state index >= 15 is 0 Å². The lowest BCUT2D eigenvalue weighted by atomic mass is 10.1. The van der Waals surface area contributed by atoms with Crippen molar-refractivity contribution in [3.8, 4) is 0 Å². The van der Waals surface area contributed by atoms with Gasteiger partial charge in [-0.25, -0.2) is 8.42 Å². The Morgan fingerprint density at radius 1 is 1.36 bits per heavy atom. The molecule has 1 rings (SSSR count). The third kappa shape index (κ3) is 5.63. The molecular formula is C13H18ClN3O4S. The third-order valence-corrected chi connectivity index (χ3v) is 4.41. The number of primary amides is 1. The zero-order valence-electron chi connectivity index (χ0n) is 12.0. The summed E-state index contributed by atoms with van der Waals surface area (Å²) in [5.74, 6) is -0.966. The van der Waals surface area contributed by atoms with Crippen LogP contribution in [-0.2, 0) is 26.0 Å². The second-order valence-electron chi connectivity index (χ2n) is 4.85. The van der Waals surface area contributed by atoms with Crippen molar-refractivity contribution in [2.24, 2.45) is 11.5 Å². The van der Waals surface area contributed by atoms with E-state index in [-0.39, 0.29) is 29.3 Å². The average molecular weight is 348 g/mol. The van der Waals surface area contributed by atoms with Crippen LogP contribution in [0, 0.1) is 0 Å². The first-order valence-electron chi connectivity index (χ1n) is 6.41. The minimum atomic E-state index is -3.34. The summed E-state index contributed by atoms with van der Waals surface area (Å²) in [4.78, 5) is 22.5. The number of halogens is 1. The fraction of sp³-hybridized carbons (Fsp3) is 0.385. The van der Waals surface area contributed by atoms with Gasteiger partial charge in [0.05, 0.1) is 10.9 Å². The molecule has 0 saturated carbocycles. The quantitative estimate of drug-likeness (QED) is 0.636. The number of nitrogens with two attached hydrogens (primary N) is 2. The van der Waals surface area contributed by atoms with Crippen LogP contribution < -0.4 is 16.8 Å². The molecule has 2 amide bonds. The van der Waals surface area contributed by atoms with Crippen molar-refractivity contribution in [3.05, 3.63) is 28.8 Å². The number of carbonyl (C=O) groups excluding carboxylic acids is 2. The molecule has 0 aliphatic carbocycles. The van der Waals surface area contributed by atoms with E-state index in [0.29, 0.717) is 5.56 Å². The first-order chi connectivity index (χ1) is 10.1. The second-order valence-corrected chi connectivity index (χ2v) is 7.28. The van der Waals surface area contributed by atoms with Crippen LogP contribution in [0.3, 0.4) is 0 Å². The summed E-state index contributed by atoms with van der Waals surface area (Å²) in [6.45, 7) is 0.103. The second kappa shape index (κ2) is 7.57. The maximum Gasteiger partial charge on any atom is 0.237 e. The topological polar surface area (TPSA) is 132 Å². The Hall–Kier alpha value is -1.64. The molecule has 0 aliphatic rings. The molecule has 0 radical (unpaired) electrons. The number of carbonyl (C=O) groups is 2. The maximum absolute atomic E-state index is 11.7. The number of benzene rings is 1. The molecular weight excluding hydrogens is 330 g/mol. The van der Waals surface area contributed by atoms with E-state index in [1.165, 1.54) is 18.2 Å². The number of nitrogens with one attached hydrogen (secondary N) is 1. The molecule has 0 bridgehead atoms. The molecule has 0 heterocycles. The Morgan fingerprint density at radius 3 is 2.50 bits per heavy atom. The molecule has 0 aromatic heterocycles. The van der Waals surface area contributed by atoms with Gasteiger partial charge in [-0.1, -0.05) is 17.7 Å². The number of sulfone groups is 1. The summed E-state index contributed by atoms with van der Waals surface area (Å²) < 4.78 is 22.8. The minimum Gasteiger partial charge on any atom is -0.370 e. The summed E-state index contributed by atoms with van der Waals surface area (Å²) >= 11 is 5.99. The zero-order chi connectivity index (χ0) is 16.9. The molecule has 0 aliphatic heterocycles. The molecule has 1 unspecified atom stereocenters. The van der Waals surface area contributed by atoms with Crippen molar-refractivity contribution in [1.29, 1.82) is 0 Å². The van der Waals surface area contributed by atoms with Gasteiger partial charge in [-0.15, -0.1) is 0 Å². The predicted octanol–water partition coefficient (Wildman–Crippen LogP) is -0.0475. The van der Waals surface area contributed by atoms with Gasteiger partial charge in [0.2, 0.25) is 11.8 Å². The minimum absolute atomic E-state index is 0.0262. The van der Waals surface area contributed by atoms with Crippen LogP contribution in [0.1, 0.15) is 18.4 Å². The molecule has 0 fully saturated rings. The normalized spacial score (nSPS) is 12.7. The lowest BCUT2D eigenvalue weighted by molar-refractivity contribution is -0.123. The molecule has 9 heteroatoms. The zero-order valence-corrected chi connectivity index (χ0v) is 13.6. The van der Waals surface area contributed by atoms with Crippen LogP contribution in [0.2, 0.25) is 5.02 Å². The van der Waals surface area contributed by atoms with Crippen LogP contribution in [-0.4, -0.2) is 32.5 Å². The van der Waals surface area contributed by atoms with Crippen LogP contribution in [0.4, 0.5) is 0 Å². The van der Waals surface area contributed by atoms with Crippen molar-refractivity contribution in [1.82, 2.24) is 5.32 Å². The molecule has 1 atom stereocenters. The van der Waals surface area contributed by atoms with Crippen LogP contribution in [0.5, 0.6) is 0 Å². The summed E-state index contributed by atoms with van der Waals surface area (Å²) in [6, 6.07) is 3.41. The van der Waals surface area contributed by atoms with E-state index in [0.717, 1.165) is 6.26 Å². The highest BCUT2D eigenvalue weighted by Gasteiger charge is 2.15. The Bertz CT molecular complexity index is 676. The molecule has 7 nitrogen and oxygen atoms in total. The third-order valence-electron chi connectivity index (χ3n) is 2.94. The lowest BCUT2D eigenvalue weighted by Gasteiger charge is -2.12. The Morgan fingerprint density at radius 2 is 2.00 bits per heavy atom. The fourth-order valence-corrected chi connectivity index (χ4v) is 2.60. The van der Waals surface area contributed by atoms with E-state index in [1.54, 1.807) is 0 Å². The number of hydrogen-bond donors (Lipinski definition) is 3. The van der Waals surface area contributed by atoms with Crippen molar-refractivity contribution >= 4 is 33.3 Å². The maximum atomic E-state index is 11.7. The van der Waals surface area contributed by atoms with E-state index in [2.05, 4.69) is 5.32 Å². The average Bonchev–Trinajstić information content (AvgIpc) is 2.41. The molecule has 5 N–H and O–H groups in total. The summed E-state index contributed by atoms with van der Waals surface area (Å²) in [5, 5.41) is 2.80. The van der Waals surface area contributed by atoms with Crippen molar-refractivity contribution in [2.75, 3.05) is 6.26 Å². The van der Waals surface area contributed by atoms with Crippen LogP contribution in [0.15, 0.2) is 23.1 Å². The van der Waals surface area contributed by atoms with E-state index in [9.17, 15) is 18.0 Å². The molecule has 1 aromatic carbocycles. The Kier molecular flexibility index (Phi) is 6.34. The van der Waals surface area contributed by atoms with Gasteiger partial charge in [0.15, 0.2) is 9.84 Å². The summed E-state index contributed by atoms with van der Waals surface area (Å²) in [6.07, 6.45) is 1.26. The highest BCUT2D eigenvalue weighted by atomic mass is 35.5. The first-order valence-corrected chi connectivity index (χ1v) is 8.68. The van der Waals surface area contributed by atoms with E-state index < -0.39 is 27.7 Å². The standard InChI is InChI=1S/C13H18ClN3O4S/c1-22(20,21)9-3-2-8(10(14)6-9)7-17-13(19)11(15)4-5-12(16)18/h2-3,6,11H,4-5,7,15H2,1H3,(H2,16,18)(H,17,19). The predicted molar refractivity (Wildman–Crippen MR) is 82.8 cm³/mol. The lowest BCUT2D eigenvalue weighted by Crippen LogP contribution is -2.40. The van der Waals surface area contributed by atoms with Gasteiger partial charge in [0.25, 0.3) is 0 Å². The molecule has 1 aromatic rings. The largest absolute Gasteiger partial charge is 0.370 e. The molecule has 22 heavy (non-hydrogen) atoms. The summed E-state index contributed by atoms with van der Waals surface area (Å²) in [7, 11) is -3.34. The van der Waals surface area contributed by atoms with Gasteiger partial charge < -0.3 is 16.8 Å². The van der Waals surface area contributed by atoms with Crippen molar-refractivity contribution in [3.63, 3.8) is 0 Å². The van der Waals surface area contributed by atoms with Gasteiger partial charge in [0.1, 0.15) is 0 Å². The highest BCUT2D eigenvalue weighted by molar-refractivity contribution is 7.90. The molecule has 0 spiro atoms. The Balaban J connectivity index is 2.65. The summed E-state index contributed by atoms with van der Waals surface area (Å²) in [5.41, 5.74) is 11.2. The first kappa shape index (κ1) is 18.4. The van der Waals surface area contributed by atoms with Crippen LogP contribution >= 0.6 is 11.6 Å². The SMILES string of the molecule is CS(=O)(=O)c1ccc(CNC(=O)C(N)CCC(N)=O)c(Cl)c1. The Labute approximate surface area is 133 Å². The van der Waals surface area contributed by atoms with Crippen molar-refractivity contribution < 1.29 is 18.0 Å². The fourth-order valence-electron chi connectivity index (χ4n) is 1.64. The van der Waals surface area contributed by atoms with Crippen LogP contribution in [0.25, 0.3) is 0 Å². The van der Waals surface area contributed by atoms with Gasteiger partial charge in [-0.2, -0.15) is 0 Å². The van der Waals surface area contributed by atoms with E-state index in [4.69, 9.17) is 23.1 Å². The highest BCUT2D eigenvalue weighted by Crippen LogP contribution is 2.20. The number of hydrogen-bond acceptors (Lipinski definition) is 5. The van der Waals surface area contributed by atoms with Gasteiger partial charge in [-0.3, -0.25) is 9.59 Å². The van der Waals surface area contributed by atoms with Crippen molar-refractivity contribution in [2.45, 2.75) is 30.3 Å². The van der Waals surface area contributed by atoms with E-state index in [1.807, 2.05) is 0 Å². The van der Waals surface area contributed by atoms with Gasteiger partial charge in [-0.05, 0) is 24.1 Å². The molecule has 122 valence electrons. The van der Waals surface area contributed by atoms with Gasteiger partial charge >= 0.3 is 0 Å². The van der Waals surface area contributed by atoms with Gasteiger partial charge in [0, 0.05) is 24.2 Å².